The van der Waals surface area contributed by atoms with Gasteiger partial charge in [-0.25, -0.2) is 0 Å². The molecule has 0 amide bonds. The Morgan fingerprint density at radius 1 is 1.56 bits per heavy atom. The smallest absolute Gasteiger partial charge is 0.309 e. The summed E-state index contributed by atoms with van der Waals surface area (Å²) in [5, 5.41) is 9.47. The summed E-state index contributed by atoms with van der Waals surface area (Å²) in [7, 11) is 0. The molecule has 1 aliphatic heterocycles. The summed E-state index contributed by atoms with van der Waals surface area (Å²) < 4.78 is 0.952. The van der Waals surface area contributed by atoms with Crippen LogP contribution in [0.5, 0.6) is 0 Å². The second-order valence-corrected chi connectivity index (χ2v) is 5.29. The molecule has 5 heteroatoms. The molecule has 16 heavy (non-hydrogen) atoms. The zero-order valence-electron chi connectivity index (χ0n) is 8.49. The van der Waals surface area contributed by atoms with E-state index in [0.717, 1.165) is 16.6 Å². The normalized spacial score (nSPS) is 17.1. The van der Waals surface area contributed by atoms with E-state index in [1.165, 1.54) is 0 Å². The lowest BCUT2D eigenvalue weighted by molar-refractivity contribution is -0.147. The van der Waals surface area contributed by atoms with Gasteiger partial charge < -0.3 is 5.11 Å². The van der Waals surface area contributed by atoms with Crippen LogP contribution in [0.25, 0.3) is 0 Å². The van der Waals surface area contributed by atoms with Gasteiger partial charge in [0.25, 0.3) is 0 Å². The topological polar surface area (TPSA) is 40.5 Å². The molecule has 1 saturated heterocycles. The fraction of sp³-hybridized carbons (Fsp3) is 0.364. The van der Waals surface area contributed by atoms with E-state index < -0.39 is 5.97 Å². The molecule has 3 nitrogen and oxygen atoms in total. The fourth-order valence-electron chi connectivity index (χ4n) is 1.75. The molecule has 1 N–H and O–H groups in total. The van der Waals surface area contributed by atoms with Crippen LogP contribution in [0.4, 0.5) is 0 Å². The molecule has 1 aromatic carbocycles. The van der Waals surface area contributed by atoms with Gasteiger partial charge in [0, 0.05) is 29.1 Å². The Hall–Kier alpha value is -0.580. The van der Waals surface area contributed by atoms with E-state index in [1.807, 2.05) is 18.2 Å². The van der Waals surface area contributed by atoms with E-state index in [1.54, 1.807) is 0 Å². The Balaban J connectivity index is 1.94. The molecule has 0 aliphatic carbocycles. The number of carboxylic acid groups (broad SMARTS) is 1. The summed E-state index contributed by atoms with van der Waals surface area (Å²) in [6.07, 6.45) is 0. The Bertz CT molecular complexity index is 418. The lowest BCUT2D eigenvalue weighted by Gasteiger charge is -2.36. The van der Waals surface area contributed by atoms with Crippen LogP contribution in [0.3, 0.4) is 0 Å². The van der Waals surface area contributed by atoms with Gasteiger partial charge in [-0.2, -0.15) is 0 Å². The van der Waals surface area contributed by atoms with Crippen LogP contribution in [0.1, 0.15) is 5.56 Å². The van der Waals surface area contributed by atoms with Crippen molar-refractivity contribution in [2.24, 2.45) is 5.92 Å². The number of carboxylic acids is 1. The Kier molecular flexibility index (Phi) is 3.52. The van der Waals surface area contributed by atoms with Crippen LogP contribution in [-0.2, 0) is 11.3 Å². The minimum atomic E-state index is -0.710. The lowest BCUT2D eigenvalue weighted by Crippen LogP contribution is -2.49. The lowest BCUT2D eigenvalue weighted by atomic mass is 10.00. The first-order valence-corrected chi connectivity index (χ1v) is 6.12. The number of hydrogen-bond acceptors (Lipinski definition) is 2. The standard InChI is InChI=1S/C11H11BrClNO2/c12-9-2-1-7(10(13)3-9)4-14-5-8(6-14)11(15)16/h1-3,8H,4-6H2,(H,15,16). The van der Waals surface area contributed by atoms with E-state index in [4.69, 9.17) is 16.7 Å². The molecule has 0 unspecified atom stereocenters. The van der Waals surface area contributed by atoms with Gasteiger partial charge in [0.15, 0.2) is 0 Å². The monoisotopic (exact) mass is 303 g/mol. The third-order valence-corrected chi connectivity index (χ3v) is 3.56. The molecule has 2 rings (SSSR count). The van der Waals surface area contributed by atoms with Crippen LogP contribution < -0.4 is 0 Å². The average molecular weight is 305 g/mol. The molecule has 1 aromatic rings. The highest BCUT2D eigenvalue weighted by Crippen LogP contribution is 2.25. The van der Waals surface area contributed by atoms with Crippen LogP contribution in [0, 0.1) is 5.92 Å². The average Bonchev–Trinajstić information content (AvgIpc) is 2.12. The number of benzene rings is 1. The molecule has 0 bridgehead atoms. The highest BCUT2D eigenvalue weighted by Gasteiger charge is 2.32. The number of rotatable bonds is 3. The summed E-state index contributed by atoms with van der Waals surface area (Å²) in [6, 6.07) is 5.75. The van der Waals surface area contributed by atoms with Crippen molar-refractivity contribution >= 4 is 33.5 Å². The van der Waals surface area contributed by atoms with Gasteiger partial charge in [-0.1, -0.05) is 33.6 Å². The number of nitrogens with zero attached hydrogens (tertiary/aromatic N) is 1. The molecular formula is C11H11BrClNO2. The van der Waals surface area contributed by atoms with Crippen molar-refractivity contribution in [3.05, 3.63) is 33.3 Å². The van der Waals surface area contributed by atoms with E-state index in [9.17, 15) is 4.79 Å². The minimum absolute atomic E-state index is 0.214. The summed E-state index contributed by atoms with van der Waals surface area (Å²) in [5.74, 6) is -0.924. The summed E-state index contributed by atoms with van der Waals surface area (Å²) in [4.78, 5) is 12.7. The van der Waals surface area contributed by atoms with Gasteiger partial charge in [0.2, 0.25) is 0 Å². The Morgan fingerprint density at radius 3 is 2.81 bits per heavy atom. The maximum atomic E-state index is 10.6. The zero-order valence-corrected chi connectivity index (χ0v) is 10.8. The van der Waals surface area contributed by atoms with Crippen molar-refractivity contribution in [3.8, 4) is 0 Å². The second kappa shape index (κ2) is 4.73. The van der Waals surface area contributed by atoms with Gasteiger partial charge >= 0.3 is 5.97 Å². The highest BCUT2D eigenvalue weighted by atomic mass is 79.9. The van der Waals surface area contributed by atoms with Crippen LogP contribution in [-0.4, -0.2) is 29.1 Å². The third kappa shape index (κ3) is 2.56. The van der Waals surface area contributed by atoms with E-state index in [-0.39, 0.29) is 5.92 Å². The summed E-state index contributed by atoms with van der Waals surface area (Å²) >= 11 is 9.43. The summed E-state index contributed by atoms with van der Waals surface area (Å²) in [5.41, 5.74) is 1.04. The quantitative estimate of drug-likeness (QED) is 0.933. The van der Waals surface area contributed by atoms with Crippen molar-refractivity contribution in [2.75, 3.05) is 13.1 Å². The van der Waals surface area contributed by atoms with Gasteiger partial charge in [-0.05, 0) is 17.7 Å². The SMILES string of the molecule is O=C(O)C1CN(Cc2ccc(Br)cc2Cl)C1. The minimum Gasteiger partial charge on any atom is -0.481 e. The Morgan fingerprint density at radius 2 is 2.25 bits per heavy atom. The molecule has 0 radical (unpaired) electrons. The molecule has 0 spiro atoms. The van der Waals surface area contributed by atoms with Crippen LogP contribution in [0.15, 0.2) is 22.7 Å². The number of likely N-dealkylation sites (tertiary alicyclic amines) is 1. The molecule has 86 valence electrons. The molecule has 1 aliphatic rings. The van der Waals surface area contributed by atoms with Crippen LogP contribution >= 0.6 is 27.5 Å². The van der Waals surface area contributed by atoms with Crippen molar-refractivity contribution in [2.45, 2.75) is 6.54 Å². The number of hydrogen-bond donors (Lipinski definition) is 1. The van der Waals surface area contributed by atoms with E-state index in [2.05, 4.69) is 20.8 Å². The molecule has 1 fully saturated rings. The first-order chi connectivity index (χ1) is 7.56. The Labute approximate surface area is 107 Å². The maximum Gasteiger partial charge on any atom is 0.309 e. The zero-order chi connectivity index (χ0) is 11.7. The van der Waals surface area contributed by atoms with Gasteiger partial charge in [0.1, 0.15) is 0 Å². The predicted molar refractivity (Wildman–Crippen MR) is 65.6 cm³/mol. The first kappa shape index (κ1) is 11.9. The maximum absolute atomic E-state index is 10.6. The fourth-order valence-corrected chi connectivity index (χ4v) is 2.48. The predicted octanol–water partition coefficient (Wildman–Crippen LogP) is 2.62. The molecule has 0 atom stereocenters. The van der Waals surface area contributed by atoms with Crippen molar-refractivity contribution in [1.82, 2.24) is 4.90 Å². The molecular weight excluding hydrogens is 293 g/mol. The van der Waals surface area contributed by atoms with Crippen molar-refractivity contribution in [3.63, 3.8) is 0 Å². The summed E-state index contributed by atoms with van der Waals surface area (Å²) in [6.45, 7) is 1.94. The number of carbonyl (C=O) groups is 1. The van der Waals surface area contributed by atoms with E-state index >= 15 is 0 Å². The van der Waals surface area contributed by atoms with Gasteiger partial charge in [-0.3, -0.25) is 9.69 Å². The molecule has 1 heterocycles. The molecule has 0 saturated carbocycles. The van der Waals surface area contributed by atoms with Crippen LogP contribution in [0.2, 0.25) is 5.02 Å². The largest absolute Gasteiger partial charge is 0.481 e. The van der Waals surface area contributed by atoms with Crippen molar-refractivity contribution < 1.29 is 9.90 Å². The number of halogens is 2. The second-order valence-electron chi connectivity index (χ2n) is 3.96. The first-order valence-electron chi connectivity index (χ1n) is 4.95. The highest BCUT2D eigenvalue weighted by molar-refractivity contribution is 9.10. The van der Waals surface area contributed by atoms with Crippen molar-refractivity contribution in [1.29, 1.82) is 0 Å². The molecule has 0 aromatic heterocycles. The van der Waals surface area contributed by atoms with E-state index in [0.29, 0.717) is 18.1 Å². The third-order valence-electron chi connectivity index (χ3n) is 2.72. The van der Waals surface area contributed by atoms with Gasteiger partial charge in [-0.15, -0.1) is 0 Å². The van der Waals surface area contributed by atoms with Gasteiger partial charge in [0.05, 0.1) is 5.92 Å². The number of aliphatic carboxylic acids is 1.